The normalized spacial score (nSPS) is 13.9. The molecule has 0 amide bonds. The molecule has 0 fully saturated rings. The average Bonchev–Trinajstić information content (AvgIpc) is 2.26. The van der Waals surface area contributed by atoms with Gasteiger partial charge >= 0.3 is 10.4 Å². The summed E-state index contributed by atoms with van der Waals surface area (Å²) in [5.41, 5.74) is 0.796. The van der Waals surface area contributed by atoms with Gasteiger partial charge < -0.3 is 5.32 Å². The minimum absolute atomic E-state index is 0.170. The Hall–Kier alpha value is -1.16. The van der Waals surface area contributed by atoms with Crippen LogP contribution >= 0.6 is 0 Å². The molecular weight excluding hydrogens is 306 g/mol. The van der Waals surface area contributed by atoms with E-state index in [4.69, 9.17) is 4.55 Å². The van der Waals surface area contributed by atoms with Crippen molar-refractivity contribution < 1.29 is 25.6 Å². The largest absolute Gasteiger partial charge is 0.397 e. The first kappa shape index (κ1) is 16.9. The third kappa shape index (κ3) is 7.43. The Labute approximate surface area is 118 Å². The van der Waals surface area contributed by atoms with Gasteiger partial charge in [-0.3, -0.25) is 4.55 Å². The van der Waals surface area contributed by atoms with Gasteiger partial charge in [-0.1, -0.05) is 18.2 Å². The second kappa shape index (κ2) is 7.02. The van der Waals surface area contributed by atoms with Gasteiger partial charge in [0.15, 0.2) is 9.84 Å². The molecule has 1 aromatic rings. The minimum atomic E-state index is -4.60. The molecule has 0 bridgehead atoms. The first-order valence-corrected chi connectivity index (χ1v) is 9.00. The Kier molecular flexibility index (Phi) is 5.93. The molecule has 0 radical (unpaired) electrons. The van der Waals surface area contributed by atoms with E-state index in [2.05, 4.69) is 9.50 Å². The van der Waals surface area contributed by atoms with Crippen LogP contribution < -0.4 is 5.32 Å². The van der Waals surface area contributed by atoms with Crippen LogP contribution in [0.15, 0.2) is 30.3 Å². The van der Waals surface area contributed by atoms with Crippen molar-refractivity contribution in [1.82, 2.24) is 0 Å². The number of anilines is 1. The zero-order valence-electron chi connectivity index (χ0n) is 10.9. The van der Waals surface area contributed by atoms with E-state index in [9.17, 15) is 16.8 Å². The van der Waals surface area contributed by atoms with E-state index >= 15 is 0 Å². The zero-order valence-corrected chi connectivity index (χ0v) is 12.5. The van der Waals surface area contributed by atoms with Crippen LogP contribution in [-0.2, 0) is 24.4 Å². The molecule has 0 heterocycles. The molecule has 0 saturated heterocycles. The molecule has 0 aliphatic carbocycles. The molecule has 0 aromatic heterocycles. The lowest BCUT2D eigenvalue weighted by atomic mass is 10.3. The van der Waals surface area contributed by atoms with Gasteiger partial charge in [0.2, 0.25) is 0 Å². The van der Waals surface area contributed by atoms with Crippen LogP contribution in [0.4, 0.5) is 5.69 Å². The fourth-order valence-corrected chi connectivity index (χ4v) is 3.34. The predicted molar refractivity (Wildman–Crippen MR) is 75.7 cm³/mol. The number of sulfone groups is 1. The molecule has 9 heteroatoms. The lowest BCUT2D eigenvalue weighted by Crippen LogP contribution is -2.28. The summed E-state index contributed by atoms with van der Waals surface area (Å²) in [5.74, 6) is -0.648. The van der Waals surface area contributed by atoms with Crippen LogP contribution in [-0.4, -0.2) is 45.5 Å². The molecule has 7 nitrogen and oxygen atoms in total. The van der Waals surface area contributed by atoms with Crippen molar-refractivity contribution in [3.05, 3.63) is 30.3 Å². The van der Waals surface area contributed by atoms with Gasteiger partial charge in [0.25, 0.3) is 0 Å². The SMILES string of the molecule is CC(CS(=O)(=O)CCOS(=O)(=O)O)Nc1ccccc1. The van der Waals surface area contributed by atoms with Gasteiger partial charge in [-0.05, 0) is 19.1 Å². The Morgan fingerprint density at radius 3 is 2.35 bits per heavy atom. The third-order valence-electron chi connectivity index (χ3n) is 2.32. The number of hydrogen-bond acceptors (Lipinski definition) is 6. The van der Waals surface area contributed by atoms with E-state index in [0.717, 1.165) is 5.69 Å². The quantitative estimate of drug-likeness (QED) is 0.678. The molecule has 1 aromatic carbocycles. The van der Waals surface area contributed by atoms with Crippen LogP contribution in [0, 0.1) is 0 Å². The molecule has 1 atom stereocenters. The Morgan fingerprint density at radius 2 is 1.80 bits per heavy atom. The van der Waals surface area contributed by atoms with Crippen molar-refractivity contribution in [2.45, 2.75) is 13.0 Å². The van der Waals surface area contributed by atoms with Gasteiger partial charge in [0.1, 0.15) is 0 Å². The van der Waals surface area contributed by atoms with Gasteiger partial charge in [-0.15, -0.1) is 0 Å². The maximum absolute atomic E-state index is 11.7. The topological polar surface area (TPSA) is 110 Å². The van der Waals surface area contributed by atoms with Crippen LogP contribution in [0.5, 0.6) is 0 Å². The number of benzene rings is 1. The molecule has 20 heavy (non-hydrogen) atoms. The lowest BCUT2D eigenvalue weighted by Gasteiger charge is -2.15. The maximum atomic E-state index is 11.7. The second-order valence-corrected chi connectivity index (χ2v) is 7.60. The molecule has 0 saturated carbocycles. The molecule has 2 N–H and O–H groups in total. The van der Waals surface area contributed by atoms with Gasteiger partial charge in [0.05, 0.1) is 18.1 Å². The fraction of sp³-hybridized carbons (Fsp3) is 0.455. The van der Waals surface area contributed by atoms with E-state index in [-0.39, 0.29) is 11.8 Å². The van der Waals surface area contributed by atoms with Gasteiger partial charge in [-0.2, -0.15) is 8.42 Å². The monoisotopic (exact) mass is 323 g/mol. The van der Waals surface area contributed by atoms with E-state index in [1.165, 1.54) is 0 Å². The smallest absolute Gasteiger partial charge is 0.382 e. The Bertz CT molecular complexity index is 612. The predicted octanol–water partition coefficient (Wildman–Crippen LogP) is 0.721. The molecule has 114 valence electrons. The fourth-order valence-electron chi connectivity index (χ4n) is 1.59. The minimum Gasteiger partial charge on any atom is -0.382 e. The van der Waals surface area contributed by atoms with Gasteiger partial charge in [0, 0.05) is 11.7 Å². The Morgan fingerprint density at radius 1 is 1.20 bits per heavy atom. The van der Waals surface area contributed by atoms with Crippen molar-refractivity contribution in [1.29, 1.82) is 0 Å². The van der Waals surface area contributed by atoms with Crippen molar-refractivity contribution >= 4 is 25.9 Å². The standard InChI is InChI=1S/C11H17NO6S2/c1-10(12-11-5-3-2-4-6-11)9-19(13,14)8-7-18-20(15,16)17/h2-6,10,12H,7-9H2,1H3,(H,15,16,17). The third-order valence-corrected chi connectivity index (χ3v) is 4.58. The average molecular weight is 323 g/mol. The maximum Gasteiger partial charge on any atom is 0.397 e. The van der Waals surface area contributed by atoms with E-state index in [0.29, 0.717) is 0 Å². The molecule has 1 unspecified atom stereocenters. The van der Waals surface area contributed by atoms with Crippen LogP contribution in [0.25, 0.3) is 0 Å². The van der Waals surface area contributed by atoms with E-state index in [1.54, 1.807) is 6.92 Å². The second-order valence-electron chi connectivity index (χ2n) is 4.28. The number of nitrogens with one attached hydrogen (secondary N) is 1. The Balaban J connectivity index is 2.45. The van der Waals surface area contributed by atoms with Crippen LogP contribution in [0.1, 0.15) is 6.92 Å². The lowest BCUT2D eigenvalue weighted by molar-refractivity contribution is 0.284. The molecule has 1 rings (SSSR count). The van der Waals surface area contributed by atoms with E-state index < -0.39 is 32.6 Å². The number of para-hydroxylation sites is 1. The summed E-state index contributed by atoms with van der Waals surface area (Å²) < 4.78 is 56.4. The summed E-state index contributed by atoms with van der Waals surface area (Å²) in [6.07, 6.45) is 0. The zero-order chi connectivity index (χ0) is 15.2. The molecule has 0 aliphatic rings. The highest BCUT2D eigenvalue weighted by molar-refractivity contribution is 7.91. The van der Waals surface area contributed by atoms with Crippen LogP contribution in [0.2, 0.25) is 0 Å². The van der Waals surface area contributed by atoms with Crippen molar-refractivity contribution in [2.75, 3.05) is 23.4 Å². The highest BCUT2D eigenvalue weighted by Gasteiger charge is 2.17. The summed E-state index contributed by atoms with van der Waals surface area (Å²) in [5, 5.41) is 3.02. The number of rotatable bonds is 8. The van der Waals surface area contributed by atoms with Crippen LogP contribution in [0.3, 0.4) is 0 Å². The summed E-state index contributed by atoms with van der Waals surface area (Å²) in [7, 11) is -8.09. The molecular formula is C11H17NO6S2. The summed E-state index contributed by atoms with van der Waals surface area (Å²) in [4.78, 5) is 0. The van der Waals surface area contributed by atoms with E-state index in [1.807, 2.05) is 30.3 Å². The molecule has 0 spiro atoms. The number of hydrogen-bond donors (Lipinski definition) is 2. The molecule has 0 aliphatic heterocycles. The highest BCUT2D eigenvalue weighted by atomic mass is 32.3. The first-order valence-electron chi connectivity index (χ1n) is 5.82. The highest BCUT2D eigenvalue weighted by Crippen LogP contribution is 2.08. The van der Waals surface area contributed by atoms with Crippen molar-refractivity contribution in [2.24, 2.45) is 0 Å². The van der Waals surface area contributed by atoms with Crippen molar-refractivity contribution in [3.63, 3.8) is 0 Å². The summed E-state index contributed by atoms with van der Waals surface area (Å²) in [6.45, 7) is 1.10. The van der Waals surface area contributed by atoms with Crippen molar-refractivity contribution in [3.8, 4) is 0 Å². The summed E-state index contributed by atoms with van der Waals surface area (Å²) >= 11 is 0. The summed E-state index contributed by atoms with van der Waals surface area (Å²) in [6, 6.07) is 8.77. The first-order chi connectivity index (χ1) is 9.18. The van der Waals surface area contributed by atoms with Gasteiger partial charge in [-0.25, -0.2) is 12.6 Å².